The zero-order chi connectivity index (χ0) is 18.5. The first kappa shape index (κ1) is 17.9. The lowest BCUT2D eigenvalue weighted by molar-refractivity contribution is 0.224. The fourth-order valence-electron chi connectivity index (χ4n) is 2.98. The van der Waals surface area contributed by atoms with Crippen molar-refractivity contribution in [3.8, 4) is 5.75 Å². The molecular formula is C21H20FNO3. The summed E-state index contributed by atoms with van der Waals surface area (Å²) in [6, 6.07) is 16.4. The van der Waals surface area contributed by atoms with E-state index in [0.29, 0.717) is 6.42 Å². The topological polar surface area (TPSA) is 62.5 Å². The van der Waals surface area contributed by atoms with Crippen molar-refractivity contribution >= 4 is 0 Å². The minimum Gasteiger partial charge on any atom is -0.507 e. The number of aromatic nitrogens is 1. The fraction of sp³-hybridized carbons (Fsp3) is 0.190. The molecular weight excluding hydrogens is 333 g/mol. The predicted octanol–water partition coefficient (Wildman–Crippen LogP) is 3.06. The summed E-state index contributed by atoms with van der Waals surface area (Å²) in [6.07, 6.45) is 2.18. The summed E-state index contributed by atoms with van der Waals surface area (Å²) in [6.45, 7) is -0.199. The van der Waals surface area contributed by atoms with E-state index in [-0.39, 0.29) is 35.7 Å². The van der Waals surface area contributed by atoms with Crippen molar-refractivity contribution in [2.75, 3.05) is 6.61 Å². The van der Waals surface area contributed by atoms with Gasteiger partial charge >= 0.3 is 0 Å². The molecule has 0 aliphatic carbocycles. The van der Waals surface area contributed by atoms with E-state index in [1.54, 1.807) is 12.1 Å². The van der Waals surface area contributed by atoms with E-state index in [1.165, 1.54) is 29.0 Å². The molecule has 1 heterocycles. The van der Waals surface area contributed by atoms with Crippen LogP contribution in [0.25, 0.3) is 0 Å². The second-order valence-corrected chi connectivity index (χ2v) is 6.22. The molecule has 4 nitrogen and oxygen atoms in total. The Morgan fingerprint density at radius 3 is 2.31 bits per heavy atom. The molecule has 0 aliphatic heterocycles. The summed E-state index contributed by atoms with van der Waals surface area (Å²) in [5, 5.41) is 19.9. The number of nitrogens with zero attached hydrogens (tertiary/aromatic N) is 1. The van der Waals surface area contributed by atoms with Gasteiger partial charge in [0.05, 0.1) is 18.2 Å². The lowest BCUT2D eigenvalue weighted by Gasteiger charge is -2.19. The largest absolute Gasteiger partial charge is 0.507 e. The van der Waals surface area contributed by atoms with Gasteiger partial charge in [-0.2, -0.15) is 0 Å². The molecule has 134 valence electrons. The molecule has 2 N–H and O–H groups in total. The van der Waals surface area contributed by atoms with Crippen molar-refractivity contribution in [1.29, 1.82) is 0 Å². The molecule has 5 heteroatoms. The highest BCUT2D eigenvalue weighted by molar-refractivity contribution is 5.35. The van der Waals surface area contributed by atoms with Gasteiger partial charge in [-0.25, -0.2) is 4.39 Å². The summed E-state index contributed by atoms with van der Waals surface area (Å²) in [5.74, 6) is -0.460. The first-order valence-corrected chi connectivity index (χ1v) is 8.40. The minimum absolute atomic E-state index is 0.105. The Bertz CT molecular complexity index is 920. The lowest BCUT2D eigenvalue weighted by Crippen LogP contribution is -2.30. The average molecular weight is 353 g/mol. The second kappa shape index (κ2) is 7.97. The Kier molecular flexibility index (Phi) is 5.49. The van der Waals surface area contributed by atoms with Crippen LogP contribution in [0.4, 0.5) is 4.39 Å². The molecule has 1 atom stereocenters. The summed E-state index contributed by atoms with van der Waals surface area (Å²) in [5.41, 5.74) is 1.60. The van der Waals surface area contributed by atoms with E-state index in [1.807, 2.05) is 30.3 Å². The Labute approximate surface area is 150 Å². The summed E-state index contributed by atoms with van der Waals surface area (Å²) in [7, 11) is 0. The number of rotatable bonds is 6. The van der Waals surface area contributed by atoms with E-state index < -0.39 is 6.04 Å². The van der Waals surface area contributed by atoms with Gasteiger partial charge in [0.2, 0.25) is 0 Å². The maximum absolute atomic E-state index is 13.1. The van der Waals surface area contributed by atoms with Crippen LogP contribution in [0.3, 0.4) is 0 Å². The number of pyridine rings is 1. The van der Waals surface area contributed by atoms with E-state index in [2.05, 4.69) is 0 Å². The summed E-state index contributed by atoms with van der Waals surface area (Å²) >= 11 is 0. The monoisotopic (exact) mass is 353 g/mol. The molecule has 26 heavy (non-hydrogen) atoms. The molecule has 0 saturated heterocycles. The summed E-state index contributed by atoms with van der Waals surface area (Å²) in [4.78, 5) is 12.9. The third-order valence-electron chi connectivity index (χ3n) is 4.41. The fourth-order valence-corrected chi connectivity index (χ4v) is 2.98. The van der Waals surface area contributed by atoms with Crippen molar-refractivity contribution in [3.63, 3.8) is 0 Å². The van der Waals surface area contributed by atoms with Gasteiger partial charge in [-0.15, -0.1) is 0 Å². The van der Waals surface area contributed by atoms with Gasteiger partial charge in [0, 0.05) is 12.6 Å². The number of benzene rings is 2. The Hall–Kier alpha value is -2.92. The van der Waals surface area contributed by atoms with Crippen LogP contribution in [0.15, 0.2) is 71.7 Å². The molecule has 3 aromatic rings. The standard InChI is InChI=1S/C21H20FNO3/c22-17-8-6-16(7-9-17)13-19-20(25)10-11-23(21(19)26)18(14-24)12-15-4-2-1-3-5-15/h1-11,18,24-25H,12-14H2. The van der Waals surface area contributed by atoms with E-state index in [4.69, 9.17) is 0 Å². The molecule has 1 aromatic heterocycles. The molecule has 0 aliphatic rings. The van der Waals surface area contributed by atoms with E-state index >= 15 is 0 Å². The molecule has 1 unspecified atom stereocenters. The molecule has 3 rings (SSSR count). The smallest absolute Gasteiger partial charge is 0.258 e. The first-order valence-electron chi connectivity index (χ1n) is 8.40. The van der Waals surface area contributed by atoms with Crippen molar-refractivity contribution in [2.24, 2.45) is 0 Å². The number of halogens is 1. The first-order chi connectivity index (χ1) is 12.6. The van der Waals surface area contributed by atoms with E-state index in [9.17, 15) is 19.4 Å². The maximum Gasteiger partial charge on any atom is 0.258 e. The van der Waals surface area contributed by atoms with Gasteiger partial charge in [-0.05, 0) is 35.7 Å². The zero-order valence-electron chi connectivity index (χ0n) is 14.2. The van der Waals surface area contributed by atoms with Gasteiger partial charge < -0.3 is 14.8 Å². The van der Waals surface area contributed by atoms with Gasteiger partial charge in [0.1, 0.15) is 11.6 Å². The lowest BCUT2D eigenvalue weighted by atomic mass is 10.0. The molecule has 2 aromatic carbocycles. The van der Waals surface area contributed by atoms with E-state index in [0.717, 1.165) is 11.1 Å². The summed E-state index contributed by atoms with van der Waals surface area (Å²) < 4.78 is 14.5. The number of aromatic hydroxyl groups is 1. The Morgan fingerprint density at radius 1 is 0.962 bits per heavy atom. The van der Waals surface area contributed by atoms with Gasteiger partial charge in [-0.1, -0.05) is 42.5 Å². The molecule has 0 bridgehead atoms. The van der Waals surface area contributed by atoms with Crippen LogP contribution in [0, 0.1) is 5.82 Å². The molecule has 0 fully saturated rings. The second-order valence-electron chi connectivity index (χ2n) is 6.22. The Morgan fingerprint density at radius 2 is 1.65 bits per heavy atom. The average Bonchev–Trinajstić information content (AvgIpc) is 2.66. The maximum atomic E-state index is 13.1. The third-order valence-corrected chi connectivity index (χ3v) is 4.41. The highest BCUT2D eigenvalue weighted by Gasteiger charge is 2.17. The quantitative estimate of drug-likeness (QED) is 0.716. The highest BCUT2D eigenvalue weighted by atomic mass is 19.1. The van der Waals surface area contributed by atoms with Crippen molar-refractivity contribution in [1.82, 2.24) is 4.57 Å². The van der Waals surface area contributed by atoms with Crippen molar-refractivity contribution in [3.05, 3.63) is 99.7 Å². The van der Waals surface area contributed by atoms with Crippen LogP contribution >= 0.6 is 0 Å². The van der Waals surface area contributed by atoms with Crippen molar-refractivity contribution < 1.29 is 14.6 Å². The SMILES string of the molecule is O=c1c(Cc2ccc(F)cc2)c(O)ccn1C(CO)Cc1ccccc1. The van der Waals surface area contributed by atoms with Gasteiger partial charge in [0.25, 0.3) is 5.56 Å². The van der Waals surface area contributed by atoms with Crippen LogP contribution in [-0.2, 0) is 12.8 Å². The highest BCUT2D eigenvalue weighted by Crippen LogP contribution is 2.19. The van der Waals surface area contributed by atoms with Crippen LogP contribution in [0.2, 0.25) is 0 Å². The third kappa shape index (κ3) is 4.00. The van der Waals surface area contributed by atoms with Crippen LogP contribution in [-0.4, -0.2) is 21.4 Å². The number of hydrogen-bond donors (Lipinski definition) is 2. The predicted molar refractivity (Wildman–Crippen MR) is 97.8 cm³/mol. The minimum atomic E-state index is -0.433. The molecule has 0 saturated carbocycles. The zero-order valence-corrected chi connectivity index (χ0v) is 14.2. The van der Waals surface area contributed by atoms with Crippen molar-refractivity contribution in [2.45, 2.75) is 18.9 Å². The number of hydrogen-bond acceptors (Lipinski definition) is 3. The molecule has 0 spiro atoms. The van der Waals surface area contributed by atoms with Crippen LogP contribution in [0.1, 0.15) is 22.7 Å². The molecule has 0 amide bonds. The van der Waals surface area contributed by atoms with Crippen LogP contribution in [0.5, 0.6) is 5.75 Å². The molecule has 0 radical (unpaired) electrons. The van der Waals surface area contributed by atoms with Crippen LogP contribution < -0.4 is 5.56 Å². The number of aliphatic hydroxyl groups is 1. The van der Waals surface area contributed by atoms with Gasteiger partial charge in [-0.3, -0.25) is 4.79 Å². The normalized spacial score (nSPS) is 12.1. The van der Waals surface area contributed by atoms with Gasteiger partial charge in [0.15, 0.2) is 0 Å². The number of aliphatic hydroxyl groups excluding tert-OH is 1. The Balaban J connectivity index is 1.92.